The van der Waals surface area contributed by atoms with E-state index in [4.69, 9.17) is 4.74 Å². The summed E-state index contributed by atoms with van der Waals surface area (Å²) in [6, 6.07) is 0. The minimum Gasteiger partial charge on any atom is -0.504 e. The number of carbonyl (C=O) groups excluding carboxylic acids is 2. The van der Waals surface area contributed by atoms with E-state index in [1.165, 1.54) is 5.57 Å². The maximum atomic E-state index is 13.4. The van der Waals surface area contributed by atoms with Gasteiger partial charge in [-0.05, 0) is 112 Å². The lowest BCUT2D eigenvalue weighted by Crippen LogP contribution is -2.62. The zero-order valence-corrected chi connectivity index (χ0v) is 24.2. The number of ketones is 1. The van der Waals surface area contributed by atoms with Crippen molar-refractivity contribution in [3.05, 3.63) is 46.3 Å². The van der Waals surface area contributed by atoms with Gasteiger partial charge in [0.1, 0.15) is 0 Å². The third kappa shape index (κ3) is 3.46. The molecule has 0 aliphatic heterocycles. The van der Waals surface area contributed by atoms with Crippen LogP contribution in [-0.4, -0.2) is 23.0 Å². The molecule has 7 atom stereocenters. The molecule has 3 saturated carbocycles. The third-order valence-corrected chi connectivity index (χ3v) is 12.2. The first-order valence-electron chi connectivity index (χ1n) is 14.5. The van der Waals surface area contributed by atoms with Crippen molar-refractivity contribution in [3.8, 4) is 0 Å². The highest BCUT2D eigenvalue weighted by molar-refractivity contribution is 6.06. The van der Waals surface area contributed by atoms with E-state index >= 15 is 0 Å². The van der Waals surface area contributed by atoms with Crippen LogP contribution >= 0.6 is 0 Å². The molecule has 0 amide bonds. The second kappa shape index (κ2) is 8.20. The first kappa shape index (κ1) is 26.5. The largest absolute Gasteiger partial charge is 0.504 e. The van der Waals surface area contributed by atoms with Crippen molar-refractivity contribution in [2.75, 3.05) is 0 Å². The Kier molecular flexibility index (Phi) is 5.87. The summed E-state index contributed by atoms with van der Waals surface area (Å²) < 4.78 is 5.92. The quantitative estimate of drug-likeness (QED) is 0.394. The minimum atomic E-state index is -0.443. The van der Waals surface area contributed by atoms with Gasteiger partial charge in [-0.25, -0.2) is 0 Å². The summed E-state index contributed by atoms with van der Waals surface area (Å²) >= 11 is 0. The van der Waals surface area contributed by atoms with Crippen LogP contribution in [0.3, 0.4) is 0 Å². The summed E-state index contributed by atoms with van der Waals surface area (Å²) in [5, 5.41) is 10.4. The summed E-state index contributed by atoms with van der Waals surface area (Å²) in [6.07, 6.45) is 14.1. The monoisotopic (exact) mass is 506 g/mol. The van der Waals surface area contributed by atoms with Crippen molar-refractivity contribution in [3.63, 3.8) is 0 Å². The van der Waals surface area contributed by atoms with Gasteiger partial charge in [-0.15, -0.1) is 0 Å². The Labute approximate surface area is 223 Å². The van der Waals surface area contributed by atoms with Crippen molar-refractivity contribution < 1.29 is 19.4 Å². The van der Waals surface area contributed by atoms with Crippen LogP contribution in [0.15, 0.2) is 46.3 Å². The van der Waals surface area contributed by atoms with E-state index in [1.54, 1.807) is 6.08 Å². The summed E-state index contributed by atoms with van der Waals surface area (Å²) in [6.45, 7) is 17.8. The molecule has 4 nitrogen and oxygen atoms in total. The first-order valence-corrected chi connectivity index (χ1v) is 14.5. The number of aliphatic hydroxyl groups excluding tert-OH is 1. The van der Waals surface area contributed by atoms with Crippen molar-refractivity contribution in [1.29, 1.82) is 0 Å². The van der Waals surface area contributed by atoms with E-state index in [-0.39, 0.29) is 45.3 Å². The Morgan fingerprint density at radius 1 is 1.05 bits per heavy atom. The van der Waals surface area contributed by atoms with Crippen LogP contribution in [0.2, 0.25) is 0 Å². The van der Waals surface area contributed by atoms with E-state index in [2.05, 4.69) is 53.7 Å². The molecule has 5 aliphatic carbocycles. The number of esters is 1. The van der Waals surface area contributed by atoms with E-state index in [1.807, 2.05) is 13.8 Å². The molecule has 0 radical (unpaired) electrons. The summed E-state index contributed by atoms with van der Waals surface area (Å²) in [4.78, 5) is 26.1. The number of ether oxygens (including phenoxy) is 1. The summed E-state index contributed by atoms with van der Waals surface area (Å²) in [5.74, 6) is 0.00879. The highest BCUT2D eigenvalue weighted by atomic mass is 16.5. The van der Waals surface area contributed by atoms with Crippen LogP contribution in [0.25, 0.3) is 0 Å². The number of carbonyl (C=O) groups is 2. The average Bonchev–Trinajstić information content (AvgIpc) is 2.85. The van der Waals surface area contributed by atoms with E-state index < -0.39 is 5.41 Å². The number of allylic oxidation sites excluding steroid dienone is 7. The van der Waals surface area contributed by atoms with Gasteiger partial charge in [0.25, 0.3) is 0 Å². The molecular formula is C33H46O4. The molecule has 5 aliphatic rings. The lowest BCUT2D eigenvalue weighted by molar-refractivity contribution is -0.185. The van der Waals surface area contributed by atoms with Gasteiger partial charge >= 0.3 is 5.97 Å². The van der Waals surface area contributed by atoms with Crippen molar-refractivity contribution in [2.24, 2.45) is 33.0 Å². The normalized spacial score (nSPS) is 43.8. The highest BCUT2D eigenvalue weighted by Crippen LogP contribution is 2.75. The molecule has 202 valence electrons. The molecule has 0 saturated heterocycles. The molecule has 0 aromatic heterocycles. The molecule has 0 bridgehead atoms. The molecule has 0 spiro atoms. The number of fused-ring (bicyclic) bond motifs is 7. The fourth-order valence-corrected chi connectivity index (χ4v) is 9.05. The lowest BCUT2D eigenvalue weighted by Gasteiger charge is -2.70. The topological polar surface area (TPSA) is 63.6 Å². The van der Waals surface area contributed by atoms with E-state index in [0.717, 1.165) is 62.5 Å². The summed E-state index contributed by atoms with van der Waals surface area (Å²) in [7, 11) is 0. The highest BCUT2D eigenvalue weighted by Gasteiger charge is 2.67. The maximum Gasteiger partial charge on any atom is 0.312 e. The van der Waals surface area contributed by atoms with Crippen LogP contribution in [-0.2, 0) is 14.3 Å². The van der Waals surface area contributed by atoms with Gasteiger partial charge in [0.15, 0.2) is 5.76 Å². The Hall–Kier alpha value is -2.10. The van der Waals surface area contributed by atoms with Crippen molar-refractivity contribution in [1.82, 2.24) is 0 Å². The Balaban J connectivity index is 1.56. The summed E-state index contributed by atoms with van der Waals surface area (Å²) in [5.41, 5.74) is 3.77. The molecule has 1 unspecified atom stereocenters. The zero-order chi connectivity index (χ0) is 27.2. The second-order valence-corrected chi connectivity index (χ2v) is 14.2. The Morgan fingerprint density at radius 2 is 1.73 bits per heavy atom. The van der Waals surface area contributed by atoms with Crippen molar-refractivity contribution >= 4 is 11.8 Å². The van der Waals surface area contributed by atoms with Crippen LogP contribution in [0, 0.1) is 33.0 Å². The van der Waals surface area contributed by atoms with Gasteiger partial charge in [-0.1, -0.05) is 52.3 Å². The molecule has 0 aromatic carbocycles. The lowest BCUT2D eigenvalue weighted by atomic mass is 9.34. The third-order valence-electron chi connectivity index (χ3n) is 12.2. The maximum absolute atomic E-state index is 13.4. The molecule has 0 heterocycles. The first-order chi connectivity index (χ1) is 17.2. The predicted octanol–water partition coefficient (Wildman–Crippen LogP) is 7.95. The smallest absolute Gasteiger partial charge is 0.312 e. The molecular weight excluding hydrogens is 460 g/mol. The van der Waals surface area contributed by atoms with Crippen LogP contribution in [0.1, 0.15) is 107 Å². The van der Waals surface area contributed by atoms with Crippen LogP contribution in [0.4, 0.5) is 0 Å². The van der Waals surface area contributed by atoms with Gasteiger partial charge in [0.05, 0.1) is 11.5 Å². The molecule has 1 N–H and O–H groups in total. The Bertz CT molecular complexity index is 1180. The molecule has 3 fully saturated rings. The number of aliphatic hydroxyl groups is 1. The number of rotatable bonds is 3. The fourth-order valence-electron chi connectivity index (χ4n) is 9.05. The minimum absolute atomic E-state index is 0.0159. The standard InChI is InChI=1S/C33H46O4/c1-9-20(2)37-28(36)30(5)13-12-29(4)14-16-32(7)25-11-10-22-21(3)27(35)24(34)18-23(22)31(25,6)15-17-33(32,8)26(29)19-30/h10-11,18,20,26,35H,9,12-17,19H2,1-8H3/t20?,26-,29-,30-,31+,32-,33+/m1/s1. The SMILES string of the molecule is CCC(C)OC(=O)[C@]1(C)CC[C@]2(C)CC[C@]3(C)C4=CC=C5C(=CC(=O)C(O)=C5C)[C@]4(C)CC[C@@]3(C)[C@@H]2C1. The van der Waals surface area contributed by atoms with Gasteiger partial charge < -0.3 is 9.84 Å². The Morgan fingerprint density at radius 3 is 2.41 bits per heavy atom. The van der Waals surface area contributed by atoms with Gasteiger partial charge in [-0.2, -0.15) is 0 Å². The van der Waals surface area contributed by atoms with Crippen LogP contribution in [0.5, 0.6) is 0 Å². The number of hydrogen-bond acceptors (Lipinski definition) is 4. The number of hydrogen-bond donors (Lipinski definition) is 1. The molecule has 5 rings (SSSR count). The second-order valence-electron chi connectivity index (χ2n) is 14.2. The van der Waals surface area contributed by atoms with Gasteiger partial charge in [0, 0.05) is 11.0 Å². The average molecular weight is 507 g/mol. The molecule has 0 aromatic rings. The van der Waals surface area contributed by atoms with E-state index in [9.17, 15) is 14.7 Å². The molecule has 37 heavy (non-hydrogen) atoms. The van der Waals surface area contributed by atoms with Gasteiger partial charge in [0.2, 0.25) is 5.78 Å². The molecule has 4 heteroatoms. The van der Waals surface area contributed by atoms with Crippen LogP contribution < -0.4 is 0 Å². The van der Waals surface area contributed by atoms with E-state index in [0.29, 0.717) is 11.5 Å². The van der Waals surface area contributed by atoms with Gasteiger partial charge in [-0.3, -0.25) is 9.59 Å². The fraction of sp³-hybridized carbons (Fsp3) is 0.697. The predicted molar refractivity (Wildman–Crippen MR) is 147 cm³/mol. The zero-order valence-electron chi connectivity index (χ0n) is 24.2. The van der Waals surface area contributed by atoms with Crippen molar-refractivity contribution in [2.45, 2.75) is 113 Å².